The molecule has 5 rings (SSSR count). The van der Waals surface area contributed by atoms with Crippen LogP contribution in [0.3, 0.4) is 0 Å². The van der Waals surface area contributed by atoms with Crippen molar-refractivity contribution in [2.75, 3.05) is 19.8 Å². The number of Topliss-reactive ketones (excluding diaryl/α,β-unsaturated/α-hetero) is 1. The molecule has 0 atom stereocenters. The van der Waals surface area contributed by atoms with Gasteiger partial charge in [-0.2, -0.15) is 5.10 Å². The van der Waals surface area contributed by atoms with Crippen LogP contribution in [0.4, 0.5) is 0 Å². The first-order chi connectivity index (χ1) is 17.0. The molecule has 4 aromatic rings. The molecule has 3 heterocycles. The second-order valence-corrected chi connectivity index (χ2v) is 8.24. The standard InChI is InChI=1S/C26H24N4O5/c1-17-11-22(18(2)30(17)21-7-8-24-25(12-21)34-10-9-33-24)23(31)14-35-26(32)20-5-3-19(4-6-20)13-29-16-27-15-28-29/h3-8,11-12,15-16H,9-10,13-14H2,1-2H3. The zero-order valence-electron chi connectivity index (χ0n) is 19.4. The van der Waals surface area contributed by atoms with E-state index in [2.05, 4.69) is 10.1 Å². The average Bonchev–Trinajstić information content (AvgIpc) is 3.49. The van der Waals surface area contributed by atoms with Crippen molar-refractivity contribution in [3.8, 4) is 17.2 Å². The fourth-order valence-electron chi connectivity index (χ4n) is 4.15. The third-order valence-electron chi connectivity index (χ3n) is 5.85. The summed E-state index contributed by atoms with van der Waals surface area (Å²) in [5, 5.41) is 4.06. The number of rotatable bonds is 7. The first-order valence-corrected chi connectivity index (χ1v) is 11.2. The van der Waals surface area contributed by atoms with Crippen LogP contribution in [0.1, 0.15) is 37.7 Å². The summed E-state index contributed by atoms with van der Waals surface area (Å²) < 4.78 is 20.3. The van der Waals surface area contributed by atoms with Crippen LogP contribution in [-0.4, -0.2) is 50.9 Å². The zero-order valence-corrected chi connectivity index (χ0v) is 19.4. The van der Waals surface area contributed by atoms with E-state index in [1.165, 1.54) is 6.33 Å². The topological polar surface area (TPSA) is 97.5 Å². The molecule has 2 aromatic carbocycles. The van der Waals surface area contributed by atoms with E-state index in [0.717, 1.165) is 22.6 Å². The van der Waals surface area contributed by atoms with Gasteiger partial charge in [0.15, 0.2) is 18.1 Å². The molecule has 0 N–H and O–H groups in total. The predicted molar refractivity (Wildman–Crippen MR) is 126 cm³/mol. The Balaban J connectivity index is 1.25. The number of ether oxygens (including phenoxy) is 3. The molecule has 0 amide bonds. The highest BCUT2D eigenvalue weighted by atomic mass is 16.6. The van der Waals surface area contributed by atoms with Crippen molar-refractivity contribution in [1.82, 2.24) is 19.3 Å². The molecule has 0 saturated heterocycles. The number of hydrogen-bond donors (Lipinski definition) is 0. The molecule has 35 heavy (non-hydrogen) atoms. The van der Waals surface area contributed by atoms with Gasteiger partial charge in [0, 0.05) is 28.7 Å². The molecule has 1 aliphatic rings. The Labute approximate surface area is 201 Å². The van der Waals surface area contributed by atoms with Crippen LogP contribution in [0.5, 0.6) is 11.5 Å². The number of esters is 1. The number of ketones is 1. The maximum atomic E-state index is 12.9. The van der Waals surface area contributed by atoms with Gasteiger partial charge in [0.1, 0.15) is 25.9 Å². The summed E-state index contributed by atoms with van der Waals surface area (Å²) in [4.78, 5) is 29.3. The number of nitrogens with zero attached hydrogens (tertiary/aromatic N) is 4. The fourth-order valence-corrected chi connectivity index (χ4v) is 4.15. The van der Waals surface area contributed by atoms with Crippen LogP contribution < -0.4 is 9.47 Å². The van der Waals surface area contributed by atoms with Crippen molar-refractivity contribution >= 4 is 11.8 Å². The molecule has 0 saturated carbocycles. The molecule has 9 nitrogen and oxygen atoms in total. The Hall–Kier alpha value is -4.40. The molecule has 0 spiro atoms. The summed E-state index contributed by atoms with van der Waals surface area (Å²) in [6.45, 7) is 5.02. The Morgan fingerprint density at radius 1 is 1.00 bits per heavy atom. The second-order valence-electron chi connectivity index (χ2n) is 8.24. The normalized spacial score (nSPS) is 12.4. The van der Waals surface area contributed by atoms with Crippen molar-refractivity contribution < 1.29 is 23.8 Å². The van der Waals surface area contributed by atoms with Gasteiger partial charge in [-0.3, -0.25) is 4.79 Å². The first-order valence-electron chi connectivity index (χ1n) is 11.2. The molecule has 0 radical (unpaired) electrons. The van der Waals surface area contributed by atoms with Crippen molar-refractivity contribution in [2.45, 2.75) is 20.4 Å². The van der Waals surface area contributed by atoms with Crippen molar-refractivity contribution in [2.24, 2.45) is 0 Å². The van der Waals surface area contributed by atoms with Crippen LogP contribution in [0.15, 0.2) is 61.2 Å². The maximum absolute atomic E-state index is 12.9. The Morgan fingerprint density at radius 2 is 1.77 bits per heavy atom. The van der Waals surface area contributed by atoms with Crippen LogP contribution in [-0.2, 0) is 11.3 Å². The van der Waals surface area contributed by atoms with Crippen molar-refractivity contribution in [3.05, 3.63) is 89.3 Å². The summed E-state index contributed by atoms with van der Waals surface area (Å²) in [6.07, 6.45) is 3.09. The lowest BCUT2D eigenvalue weighted by Crippen LogP contribution is -2.16. The SMILES string of the molecule is Cc1cc(C(=O)COC(=O)c2ccc(Cn3cncn3)cc2)c(C)n1-c1ccc2c(c1)OCCO2. The smallest absolute Gasteiger partial charge is 0.338 e. The molecular formula is C26H24N4O5. The fraction of sp³-hybridized carbons (Fsp3) is 0.231. The van der Waals surface area contributed by atoms with Gasteiger partial charge in [0.05, 0.1) is 12.1 Å². The van der Waals surface area contributed by atoms with E-state index >= 15 is 0 Å². The number of aromatic nitrogens is 4. The van der Waals surface area contributed by atoms with Crippen molar-refractivity contribution in [1.29, 1.82) is 0 Å². The largest absolute Gasteiger partial charge is 0.486 e. The van der Waals surface area contributed by atoms with E-state index < -0.39 is 5.97 Å². The lowest BCUT2D eigenvalue weighted by Gasteiger charge is -2.20. The molecule has 1 aliphatic heterocycles. The highest BCUT2D eigenvalue weighted by Gasteiger charge is 2.20. The van der Waals surface area contributed by atoms with Crippen LogP contribution in [0.2, 0.25) is 0 Å². The Morgan fingerprint density at radius 3 is 2.51 bits per heavy atom. The molecule has 9 heteroatoms. The molecule has 0 fully saturated rings. The highest BCUT2D eigenvalue weighted by Crippen LogP contribution is 2.33. The summed E-state index contributed by atoms with van der Waals surface area (Å²) in [6, 6.07) is 14.5. The lowest BCUT2D eigenvalue weighted by atomic mass is 10.1. The Kier molecular flexibility index (Phi) is 6.05. The highest BCUT2D eigenvalue weighted by molar-refractivity contribution is 6.00. The molecule has 0 bridgehead atoms. The van der Waals surface area contributed by atoms with E-state index in [4.69, 9.17) is 14.2 Å². The quantitative estimate of drug-likeness (QED) is 0.300. The number of aryl methyl sites for hydroxylation is 1. The number of benzene rings is 2. The number of hydrogen-bond acceptors (Lipinski definition) is 7. The number of carbonyl (C=O) groups excluding carboxylic acids is 2. The van der Waals surface area contributed by atoms with Crippen LogP contribution >= 0.6 is 0 Å². The Bertz CT molecular complexity index is 1370. The summed E-state index contributed by atoms with van der Waals surface area (Å²) in [7, 11) is 0. The summed E-state index contributed by atoms with van der Waals surface area (Å²) in [5.74, 6) is 0.566. The van der Waals surface area contributed by atoms with E-state index in [-0.39, 0.29) is 12.4 Å². The van der Waals surface area contributed by atoms with Gasteiger partial charge in [0.25, 0.3) is 0 Å². The van der Waals surface area contributed by atoms with Gasteiger partial charge in [-0.25, -0.2) is 14.5 Å². The number of carbonyl (C=O) groups is 2. The van der Waals surface area contributed by atoms with E-state index in [1.807, 2.05) is 48.7 Å². The van der Waals surface area contributed by atoms with Gasteiger partial charge in [-0.1, -0.05) is 12.1 Å². The van der Waals surface area contributed by atoms with Crippen LogP contribution in [0, 0.1) is 13.8 Å². The van der Waals surface area contributed by atoms with Gasteiger partial charge < -0.3 is 18.8 Å². The molecule has 0 aliphatic carbocycles. The minimum atomic E-state index is -0.550. The van der Waals surface area contributed by atoms with Gasteiger partial charge >= 0.3 is 5.97 Å². The summed E-state index contributed by atoms with van der Waals surface area (Å²) >= 11 is 0. The minimum absolute atomic E-state index is 0.266. The van der Waals surface area contributed by atoms with Gasteiger partial charge in [-0.05, 0) is 49.7 Å². The van der Waals surface area contributed by atoms with Gasteiger partial charge in [0.2, 0.25) is 5.78 Å². The molecule has 0 unspecified atom stereocenters. The third kappa shape index (κ3) is 4.65. The first kappa shape index (κ1) is 22.4. The molecular weight excluding hydrogens is 448 g/mol. The third-order valence-corrected chi connectivity index (χ3v) is 5.85. The van der Waals surface area contributed by atoms with E-state index in [0.29, 0.717) is 42.4 Å². The van der Waals surface area contributed by atoms with E-state index in [9.17, 15) is 9.59 Å². The number of fused-ring (bicyclic) bond motifs is 1. The predicted octanol–water partition coefficient (Wildman–Crippen LogP) is 3.54. The zero-order chi connectivity index (χ0) is 24.4. The van der Waals surface area contributed by atoms with Gasteiger partial charge in [-0.15, -0.1) is 0 Å². The minimum Gasteiger partial charge on any atom is -0.486 e. The lowest BCUT2D eigenvalue weighted by molar-refractivity contribution is 0.0474. The van der Waals surface area contributed by atoms with Crippen LogP contribution in [0.25, 0.3) is 5.69 Å². The monoisotopic (exact) mass is 472 g/mol. The average molecular weight is 473 g/mol. The molecule has 2 aromatic heterocycles. The molecule has 178 valence electrons. The second kappa shape index (κ2) is 9.46. The summed E-state index contributed by atoms with van der Waals surface area (Å²) in [5.41, 5.74) is 4.37. The van der Waals surface area contributed by atoms with E-state index in [1.54, 1.807) is 29.2 Å². The maximum Gasteiger partial charge on any atom is 0.338 e. The van der Waals surface area contributed by atoms with Crippen molar-refractivity contribution in [3.63, 3.8) is 0 Å².